The Labute approximate surface area is 144 Å². The monoisotopic (exact) mass is 344 g/mol. The molecule has 2 rings (SSSR count). The summed E-state index contributed by atoms with van der Waals surface area (Å²) in [6.45, 7) is 0. The quantitative estimate of drug-likeness (QED) is 0.643. The summed E-state index contributed by atoms with van der Waals surface area (Å²) in [5.74, 6) is -2.97. The van der Waals surface area contributed by atoms with E-state index in [0.717, 1.165) is 6.07 Å². The van der Waals surface area contributed by atoms with E-state index in [2.05, 4.69) is 15.4 Å². The molecule has 0 aliphatic rings. The summed E-state index contributed by atoms with van der Waals surface area (Å²) in [7, 11) is 1.24. The van der Waals surface area contributed by atoms with Gasteiger partial charge in [-0.3, -0.25) is 14.4 Å². The van der Waals surface area contributed by atoms with Gasteiger partial charge in [0.2, 0.25) is 0 Å². The van der Waals surface area contributed by atoms with Crippen molar-refractivity contribution in [2.75, 3.05) is 12.4 Å². The lowest BCUT2D eigenvalue weighted by molar-refractivity contribution is -0.142. The number of rotatable bonds is 5. The van der Waals surface area contributed by atoms with Gasteiger partial charge in [-0.05, 0) is 23.8 Å². The van der Waals surface area contributed by atoms with Crippen LogP contribution < -0.4 is 10.6 Å². The van der Waals surface area contributed by atoms with Crippen LogP contribution in [0, 0.1) is 5.82 Å². The zero-order valence-corrected chi connectivity index (χ0v) is 13.5. The topological polar surface area (TPSA) is 84.5 Å². The molecule has 2 aromatic carbocycles. The Hall–Kier alpha value is -3.22. The summed E-state index contributed by atoms with van der Waals surface area (Å²) in [6.07, 6.45) is -0.125. The summed E-state index contributed by atoms with van der Waals surface area (Å²) in [6, 6.07) is 13.2. The van der Waals surface area contributed by atoms with Gasteiger partial charge >= 0.3 is 17.8 Å². The van der Waals surface area contributed by atoms with Crippen LogP contribution in [0.1, 0.15) is 18.0 Å². The Kier molecular flexibility index (Phi) is 6.22. The van der Waals surface area contributed by atoms with E-state index in [0.29, 0.717) is 5.56 Å². The van der Waals surface area contributed by atoms with E-state index in [1.807, 2.05) is 0 Å². The van der Waals surface area contributed by atoms with Gasteiger partial charge in [-0.25, -0.2) is 4.39 Å². The van der Waals surface area contributed by atoms with Gasteiger partial charge in [-0.2, -0.15) is 0 Å². The number of nitrogens with one attached hydrogen (secondary N) is 2. The van der Waals surface area contributed by atoms with Gasteiger partial charge in [-0.15, -0.1) is 0 Å². The number of hydrogen-bond acceptors (Lipinski definition) is 4. The van der Waals surface area contributed by atoms with Crippen LogP contribution in [0.2, 0.25) is 0 Å². The molecule has 2 aromatic rings. The predicted octanol–water partition coefficient (Wildman–Crippen LogP) is 2.18. The van der Waals surface area contributed by atoms with Crippen LogP contribution in [0.3, 0.4) is 0 Å². The maximum Gasteiger partial charge on any atom is 0.313 e. The van der Waals surface area contributed by atoms with Gasteiger partial charge in [-0.1, -0.05) is 36.4 Å². The Morgan fingerprint density at radius 2 is 1.76 bits per heavy atom. The molecule has 0 aliphatic heterocycles. The zero-order valence-electron chi connectivity index (χ0n) is 13.5. The second-order valence-corrected chi connectivity index (χ2v) is 5.18. The van der Waals surface area contributed by atoms with Crippen LogP contribution in [-0.2, 0) is 19.1 Å². The molecular formula is C18H17FN2O4. The largest absolute Gasteiger partial charge is 0.469 e. The number of carbonyl (C=O) groups is 3. The predicted molar refractivity (Wildman–Crippen MR) is 89.0 cm³/mol. The molecule has 0 spiro atoms. The van der Waals surface area contributed by atoms with Gasteiger partial charge in [0.1, 0.15) is 5.82 Å². The van der Waals surface area contributed by atoms with Gasteiger partial charge in [0.05, 0.1) is 19.6 Å². The average Bonchev–Trinajstić information content (AvgIpc) is 2.61. The van der Waals surface area contributed by atoms with E-state index < -0.39 is 29.6 Å². The molecular weight excluding hydrogens is 327 g/mol. The highest BCUT2D eigenvalue weighted by molar-refractivity contribution is 6.39. The lowest BCUT2D eigenvalue weighted by Crippen LogP contribution is -2.38. The van der Waals surface area contributed by atoms with Crippen LogP contribution in [0.15, 0.2) is 54.6 Å². The number of benzene rings is 2. The summed E-state index contributed by atoms with van der Waals surface area (Å²) in [5.41, 5.74) is 0.809. The summed E-state index contributed by atoms with van der Waals surface area (Å²) >= 11 is 0. The molecule has 6 nitrogen and oxygen atoms in total. The van der Waals surface area contributed by atoms with Crippen molar-refractivity contribution in [3.8, 4) is 0 Å². The highest BCUT2D eigenvalue weighted by atomic mass is 19.1. The Morgan fingerprint density at radius 3 is 2.40 bits per heavy atom. The van der Waals surface area contributed by atoms with Crippen molar-refractivity contribution in [3.63, 3.8) is 0 Å². The number of hydrogen-bond donors (Lipinski definition) is 2. The molecule has 0 fully saturated rings. The van der Waals surface area contributed by atoms with Crippen molar-refractivity contribution >= 4 is 23.5 Å². The molecule has 0 aliphatic carbocycles. The van der Waals surface area contributed by atoms with E-state index in [9.17, 15) is 18.8 Å². The van der Waals surface area contributed by atoms with Crippen LogP contribution >= 0.6 is 0 Å². The van der Waals surface area contributed by atoms with Crippen LogP contribution in [0.4, 0.5) is 10.1 Å². The third-order valence-corrected chi connectivity index (χ3v) is 3.39. The van der Waals surface area contributed by atoms with Gasteiger partial charge in [0.25, 0.3) is 0 Å². The van der Waals surface area contributed by atoms with E-state index in [-0.39, 0.29) is 12.1 Å². The molecule has 7 heteroatoms. The highest BCUT2D eigenvalue weighted by Gasteiger charge is 2.22. The number of methoxy groups -OCH3 is 1. The number of amides is 2. The SMILES string of the molecule is COC(=O)C[C@@H](NC(=O)C(=O)Nc1cccc(F)c1)c1ccccc1. The van der Waals surface area contributed by atoms with Gasteiger partial charge in [0.15, 0.2) is 0 Å². The molecule has 0 bridgehead atoms. The average molecular weight is 344 g/mol. The molecule has 1 atom stereocenters. The number of anilines is 1. The minimum absolute atomic E-state index is 0.125. The highest BCUT2D eigenvalue weighted by Crippen LogP contribution is 2.17. The number of ether oxygens (including phenoxy) is 1. The van der Waals surface area contributed by atoms with E-state index >= 15 is 0 Å². The minimum atomic E-state index is -0.962. The Bertz CT molecular complexity index is 765. The number of halogens is 1. The van der Waals surface area contributed by atoms with Crippen LogP contribution in [0.25, 0.3) is 0 Å². The summed E-state index contributed by atoms with van der Waals surface area (Å²) < 4.78 is 17.7. The van der Waals surface area contributed by atoms with Crippen molar-refractivity contribution < 1.29 is 23.5 Å². The molecule has 0 unspecified atom stereocenters. The minimum Gasteiger partial charge on any atom is -0.469 e. The van der Waals surface area contributed by atoms with Crippen LogP contribution in [-0.4, -0.2) is 24.9 Å². The second-order valence-electron chi connectivity index (χ2n) is 5.18. The summed E-state index contributed by atoms with van der Waals surface area (Å²) in [5, 5.41) is 4.79. The molecule has 0 radical (unpaired) electrons. The van der Waals surface area contributed by atoms with Crippen molar-refractivity contribution in [2.45, 2.75) is 12.5 Å². The van der Waals surface area contributed by atoms with E-state index in [1.54, 1.807) is 30.3 Å². The second kappa shape index (κ2) is 8.58. The molecule has 0 heterocycles. The fourth-order valence-electron chi connectivity index (χ4n) is 2.17. The molecule has 25 heavy (non-hydrogen) atoms. The summed E-state index contributed by atoms with van der Waals surface area (Å²) in [4.78, 5) is 35.7. The van der Waals surface area contributed by atoms with Crippen molar-refractivity contribution in [2.24, 2.45) is 0 Å². The molecule has 130 valence electrons. The first-order chi connectivity index (χ1) is 12.0. The maximum atomic E-state index is 13.1. The van der Waals surface area contributed by atoms with Gasteiger partial charge < -0.3 is 15.4 Å². The van der Waals surface area contributed by atoms with Crippen molar-refractivity contribution in [3.05, 3.63) is 66.0 Å². The van der Waals surface area contributed by atoms with Crippen LogP contribution in [0.5, 0.6) is 0 Å². The first-order valence-corrected chi connectivity index (χ1v) is 7.48. The fraction of sp³-hybridized carbons (Fsp3) is 0.167. The van der Waals surface area contributed by atoms with Crippen molar-refractivity contribution in [1.82, 2.24) is 5.32 Å². The standard InChI is InChI=1S/C18H17FN2O4/c1-25-16(22)11-15(12-6-3-2-4-7-12)21-18(24)17(23)20-14-9-5-8-13(19)10-14/h2-10,15H,11H2,1H3,(H,20,23)(H,21,24)/t15-/m1/s1. The normalized spacial score (nSPS) is 11.3. The first kappa shape index (κ1) is 18.1. The fourth-order valence-corrected chi connectivity index (χ4v) is 2.17. The third-order valence-electron chi connectivity index (χ3n) is 3.39. The third kappa shape index (κ3) is 5.42. The molecule has 0 aromatic heterocycles. The first-order valence-electron chi connectivity index (χ1n) is 7.48. The molecule has 2 amide bonds. The van der Waals surface area contributed by atoms with Gasteiger partial charge in [0, 0.05) is 5.69 Å². The van der Waals surface area contributed by atoms with Crippen molar-refractivity contribution in [1.29, 1.82) is 0 Å². The van der Waals surface area contributed by atoms with E-state index in [4.69, 9.17) is 0 Å². The molecule has 0 saturated heterocycles. The lowest BCUT2D eigenvalue weighted by Gasteiger charge is -2.18. The number of carbonyl (C=O) groups excluding carboxylic acids is 3. The molecule has 0 saturated carbocycles. The zero-order chi connectivity index (χ0) is 18.2. The Balaban J connectivity index is 2.07. The molecule has 2 N–H and O–H groups in total. The van der Waals surface area contributed by atoms with E-state index in [1.165, 1.54) is 25.3 Å². The smallest absolute Gasteiger partial charge is 0.313 e. The maximum absolute atomic E-state index is 13.1. The number of esters is 1. The lowest BCUT2D eigenvalue weighted by atomic mass is 10.0. The Morgan fingerprint density at radius 1 is 1.04 bits per heavy atom.